The van der Waals surface area contributed by atoms with E-state index >= 15 is 0 Å². The fourth-order valence-electron chi connectivity index (χ4n) is 2.68. The van der Waals surface area contributed by atoms with Crippen LogP contribution in [-0.2, 0) is 0 Å². The van der Waals surface area contributed by atoms with Gasteiger partial charge in [-0.2, -0.15) is 5.10 Å². The molecule has 0 saturated heterocycles. The van der Waals surface area contributed by atoms with Crippen molar-refractivity contribution in [2.45, 2.75) is 31.7 Å². The first kappa shape index (κ1) is 14.0. The van der Waals surface area contributed by atoms with Crippen LogP contribution in [-0.4, -0.2) is 23.1 Å². The molecule has 20 heavy (non-hydrogen) atoms. The molecule has 1 aliphatic heterocycles. The summed E-state index contributed by atoms with van der Waals surface area (Å²) in [4.78, 5) is 0. The van der Waals surface area contributed by atoms with Crippen LogP contribution < -0.4 is 5.73 Å². The van der Waals surface area contributed by atoms with Crippen LogP contribution in [0.4, 0.5) is 0 Å². The molecule has 1 heterocycles. The van der Waals surface area contributed by atoms with Crippen molar-refractivity contribution in [2.75, 3.05) is 7.05 Å². The number of thioether (sulfide) groups is 1. The Hall–Kier alpha value is -0.970. The van der Waals surface area contributed by atoms with Gasteiger partial charge in [-0.1, -0.05) is 36.2 Å². The van der Waals surface area contributed by atoms with Gasteiger partial charge in [-0.3, -0.25) is 5.01 Å². The highest BCUT2D eigenvalue weighted by Gasteiger charge is 2.27. The second kappa shape index (κ2) is 5.80. The summed E-state index contributed by atoms with van der Waals surface area (Å²) in [7, 11) is 1.99. The highest BCUT2D eigenvalue weighted by molar-refractivity contribution is 8.17. The molecule has 2 aliphatic rings. The third kappa shape index (κ3) is 2.60. The van der Waals surface area contributed by atoms with Gasteiger partial charge in [0, 0.05) is 18.7 Å². The van der Waals surface area contributed by atoms with Gasteiger partial charge in [-0.05, 0) is 42.7 Å². The number of nitrogens with zero attached hydrogens (tertiary/aromatic N) is 2. The van der Waals surface area contributed by atoms with Gasteiger partial charge in [0.2, 0.25) is 0 Å². The lowest BCUT2D eigenvalue weighted by molar-refractivity contribution is 0.454. The van der Waals surface area contributed by atoms with E-state index in [1.165, 1.54) is 23.4 Å². The van der Waals surface area contributed by atoms with Crippen molar-refractivity contribution < 1.29 is 0 Å². The van der Waals surface area contributed by atoms with E-state index in [0.717, 1.165) is 28.5 Å². The second-order valence-electron chi connectivity index (χ2n) is 5.19. The Kier molecular flexibility index (Phi) is 4.06. The maximum atomic E-state index is 6.26. The molecule has 0 aromatic heterocycles. The van der Waals surface area contributed by atoms with Crippen LogP contribution in [0.3, 0.4) is 0 Å². The van der Waals surface area contributed by atoms with Crippen LogP contribution in [0.15, 0.2) is 40.0 Å². The maximum absolute atomic E-state index is 6.26. The van der Waals surface area contributed by atoms with E-state index in [0.29, 0.717) is 0 Å². The number of nitrogens with two attached hydrogens (primary N) is 1. The third-order valence-corrected chi connectivity index (χ3v) is 5.31. The molecule has 1 atom stereocenters. The van der Waals surface area contributed by atoms with Crippen LogP contribution in [0.5, 0.6) is 0 Å². The Labute approximate surface area is 128 Å². The Morgan fingerprint density at radius 3 is 2.90 bits per heavy atom. The third-order valence-electron chi connectivity index (χ3n) is 3.77. The summed E-state index contributed by atoms with van der Waals surface area (Å²) in [5.41, 5.74) is 8.59. The average Bonchev–Trinajstić information content (AvgIpc) is 2.81. The summed E-state index contributed by atoms with van der Waals surface area (Å²) < 4.78 is 0. The summed E-state index contributed by atoms with van der Waals surface area (Å²) >= 11 is 7.95. The summed E-state index contributed by atoms with van der Waals surface area (Å²) in [5, 5.41) is 9.46. The van der Waals surface area contributed by atoms with Crippen molar-refractivity contribution >= 4 is 28.4 Å². The van der Waals surface area contributed by atoms with Crippen molar-refractivity contribution in [1.82, 2.24) is 5.01 Å². The first-order valence-electron chi connectivity index (χ1n) is 6.90. The minimum Gasteiger partial charge on any atom is -0.324 e. The molecule has 1 aliphatic carbocycles. The SMILES string of the molecule is CN1N=C(c2ccccc2Cl)SC1=C1CCCCC1N. The van der Waals surface area contributed by atoms with Crippen molar-refractivity contribution in [3.63, 3.8) is 0 Å². The monoisotopic (exact) mass is 307 g/mol. The standard InChI is InChI=1S/C15H18ClN3S/c1-19-15(11-7-3-5-9-13(11)17)20-14(18-19)10-6-2-4-8-12(10)16/h2,4,6,8,13H,3,5,7,9,17H2,1H3. The van der Waals surface area contributed by atoms with E-state index in [-0.39, 0.29) is 6.04 Å². The zero-order chi connectivity index (χ0) is 14.1. The second-order valence-corrected chi connectivity index (χ2v) is 6.58. The highest BCUT2D eigenvalue weighted by Crippen LogP contribution is 2.39. The first-order valence-corrected chi connectivity index (χ1v) is 8.10. The molecule has 2 N–H and O–H groups in total. The smallest absolute Gasteiger partial charge is 0.132 e. The van der Waals surface area contributed by atoms with E-state index in [2.05, 4.69) is 5.10 Å². The number of hydrogen-bond acceptors (Lipinski definition) is 4. The molecular weight excluding hydrogens is 290 g/mol. The molecule has 0 spiro atoms. The molecule has 0 amide bonds. The Bertz CT molecular complexity index is 582. The van der Waals surface area contributed by atoms with Crippen molar-refractivity contribution in [2.24, 2.45) is 10.8 Å². The number of hydrogen-bond donors (Lipinski definition) is 1. The topological polar surface area (TPSA) is 41.6 Å². The van der Waals surface area contributed by atoms with Gasteiger partial charge in [0.05, 0.1) is 10.1 Å². The number of benzene rings is 1. The Morgan fingerprint density at radius 2 is 2.15 bits per heavy atom. The van der Waals surface area contributed by atoms with Crippen molar-refractivity contribution in [3.8, 4) is 0 Å². The molecule has 0 bridgehead atoms. The molecule has 0 radical (unpaired) electrons. The van der Waals surface area contributed by atoms with E-state index in [4.69, 9.17) is 17.3 Å². The van der Waals surface area contributed by atoms with Crippen LogP contribution in [0.25, 0.3) is 0 Å². The zero-order valence-electron chi connectivity index (χ0n) is 11.5. The lowest BCUT2D eigenvalue weighted by Gasteiger charge is -2.25. The van der Waals surface area contributed by atoms with Gasteiger partial charge in [0.25, 0.3) is 0 Å². The van der Waals surface area contributed by atoms with E-state index in [1.54, 1.807) is 11.8 Å². The molecule has 3 rings (SSSR count). The summed E-state index contributed by atoms with van der Waals surface area (Å²) in [5.74, 6) is 0. The minimum absolute atomic E-state index is 0.175. The van der Waals surface area contributed by atoms with Crippen LogP contribution in [0.2, 0.25) is 5.02 Å². The normalized spacial score (nSPS) is 26.9. The van der Waals surface area contributed by atoms with Crippen LogP contribution in [0.1, 0.15) is 31.2 Å². The quantitative estimate of drug-likeness (QED) is 0.858. The van der Waals surface area contributed by atoms with Gasteiger partial charge in [-0.25, -0.2) is 0 Å². The van der Waals surface area contributed by atoms with Gasteiger partial charge in [-0.15, -0.1) is 0 Å². The first-order chi connectivity index (χ1) is 9.66. The lowest BCUT2D eigenvalue weighted by atomic mass is 9.91. The van der Waals surface area contributed by atoms with E-state index < -0.39 is 0 Å². The molecule has 1 aromatic rings. The predicted octanol–water partition coefficient (Wildman–Crippen LogP) is 3.79. The molecule has 1 unspecified atom stereocenters. The van der Waals surface area contributed by atoms with E-state index in [9.17, 15) is 0 Å². The summed E-state index contributed by atoms with van der Waals surface area (Å²) in [6.45, 7) is 0. The van der Waals surface area contributed by atoms with Gasteiger partial charge < -0.3 is 5.73 Å². The molecule has 1 saturated carbocycles. The fraction of sp³-hybridized carbons (Fsp3) is 0.400. The van der Waals surface area contributed by atoms with Gasteiger partial charge in [0.1, 0.15) is 5.04 Å². The molecule has 3 nitrogen and oxygen atoms in total. The summed E-state index contributed by atoms with van der Waals surface area (Å²) in [6.07, 6.45) is 4.61. The molecule has 106 valence electrons. The summed E-state index contributed by atoms with van der Waals surface area (Å²) in [6, 6.07) is 8.01. The van der Waals surface area contributed by atoms with Crippen molar-refractivity contribution in [1.29, 1.82) is 0 Å². The predicted molar refractivity (Wildman–Crippen MR) is 86.8 cm³/mol. The number of halogens is 1. The highest BCUT2D eigenvalue weighted by atomic mass is 35.5. The molecule has 1 fully saturated rings. The Morgan fingerprint density at radius 1 is 1.35 bits per heavy atom. The lowest BCUT2D eigenvalue weighted by Crippen LogP contribution is -2.28. The average molecular weight is 308 g/mol. The molecule has 1 aromatic carbocycles. The largest absolute Gasteiger partial charge is 0.324 e. The molecular formula is C15H18ClN3S. The zero-order valence-corrected chi connectivity index (χ0v) is 13.0. The number of rotatable bonds is 1. The fourth-order valence-corrected chi connectivity index (χ4v) is 4.15. The number of hydrazone groups is 1. The Balaban J connectivity index is 1.91. The van der Waals surface area contributed by atoms with Gasteiger partial charge in [0.15, 0.2) is 0 Å². The van der Waals surface area contributed by atoms with Crippen LogP contribution >= 0.6 is 23.4 Å². The van der Waals surface area contributed by atoms with Crippen molar-refractivity contribution in [3.05, 3.63) is 45.5 Å². The van der Waals surface area contributed by atoms with Crippen LogP contribution in [0, 0.1) is 0 Å². The van der Waals surface area contributed by atoms with Gasteiger partial charge >= 0.3 is 0 Å². The maximum Gasteiger partial charge on any atom is 0.132 e. The molecule has 5 heteroatoms. The minimum atomic E-state index is 0.175. The van der Waals surface area contributed by atoms with E-state index in [1.807, 2.05) is 36.3 Å².